The lowest BCUT2D eigenvalue weighted by Gasteiger charge is -2.64. The Hall–Kier alpha value is -1.13. The minimum Gasteiger partial charge on any atom is -0.481 e. The first kappa shape index (κ1) is 25.9. The lowest BCUT2D eigenvalue weighted by Crippen LogP contribution is -2.58. The minimum absolute atomic E-state index is 0.103. The zero-order valence-corrected chi connectivity index (χ0v) is 22.5. The summed E-state index contributed by atoms with van der Waals surface area (Å²) in [5, 5.41) is 32.5. The smallest absolute Gasteiger partial charge is 0.306 e. The van der Waals surface area contributed by atoms with Gasteiger partial charge in [0.15, 0.2) is 0 Å². The molecule has 4 rings (SSSR count). The average Bonchev–Trinajstić information content (AvgIpc) is 2.94. The lowest BCUT2D eigenvalue weighted by atomic mass is 9.41. The number of aliphatic hydroxyl groups is 2. The quantitative estimate of drug-likeness (QED) is 0.406. The highest BCUT2D eigenvalue weighted by atomic mass is 16.4. The van der Waals surface area contributed by atoms with E-state index < -0.39 is 18.0 Å². The molecule has 4 aliphatic rings. The average molecular weight is 473 g/mol. The van der Waals surface area contributed by atoms with Crippen molar-refractivity contribution in [1.29, 1.82) is 0 Å². The second-order valence-electron chi connectivity index (χ2n) is 13.8. The van der Waals surface area contributed by atoms with Crippen LogP contribution in [0.1, 0.15) is 99.8 Å². The molecule has 0 aromatic heterocycles. The zero-order chi connectivity index (χ0) is 25.3. The fraction of sp³-hybridized carbons (Fsp3) is 0.833. The van der Waals surface area contributed by atoms with Crippen LogP contribution in [0.15, 0.2) is 23.3 Å². The van der Waals surface area contributed by atoms with Gasteiger partial charge in [0.2, 0.25) is 0 Å². The van der Waals surface area contributed by atoms with Crippen molar-refractivity contribution in [1.82, 2.24) is 0 Å². The summed E-state index contributed by atoms with van der Waals surface area (Å²) in [6.07, 6.45) is 10.6. The van der Waals surface area contributed by atoms with Crippen molar-refractivity contribution in [3.63, 3.8) is 0 Å². The fourth-order valence-corrected chi connectivity index (χ4v) is 9.53. The Morgan fingerprint density at radius 1 is 1.12 bits per heavy atom. The molecule has 192 valence electrons. The number of aliphatic hydroxyl groups excluding tert-OH is 2. The Balaban J connectivity index is 1.71. The summed E-state index contributed by atoms with van der Waals surface area (Å²) in [5.41, 5.74) is 2.34. The van der Waals surface area contributed by atoms with E-state index in [1.54, 1.807) is 0 Å². The Kier molecular flexibility index (Phi) is 6.47. The van der Waals surface area contributed by atoms with Crippen LogP contribution in [0.3, 0.4) is 0 Å². The van der Waals surface area contributed by atoms with E-state index in [1.165, 1.54) is 11.1 Å². The predicted molar refractivity (Wildman–Crippen MR) is 136 cm³/mol. The van der Waals surface area contributed by atoms with Gasteiger partial charge in [0.1, 0.15) is 0 Å². The first-order chi connectivity index (χ1) is 15.7. The maximum absolute atomic E-state index is 12.5. The van der Waals surface area contributed by atoms with Crippen LogP contribution in [0.5, 0.6) is 0 Å². The molecule has 0 aliphatic heterocycles. The van der Waals surface area contributed by atoms with Crippen LogP contribution in [-0.2, 0) is 4.79 Å². The van der Waals surface area contributed by atoms with Crippen molar-refractivity contribution < 1.29 is 20.1 Å². The van der Waals surface area contributed by atoms with E-state index in [4.69, 9.17) is 0 Å². The van der Waals surface area contributed by atoms with Crippen molar-refractivity contribution >= 4 is 5.97 Å². The van der Waals surface area contributed by atoms with Crippen molar-refractivity contribution in [3.8, 4) is 0 Å². The number of rotatable bonds is 5. The molecule has 1 unspecified atom stereocenters. The second kappa shape index (κ2) is 8.47. The molecule has 0 aromatic rings. The monoisotopic (exact) mass is 472 g/mol. The molecule has 4 nitrogen and oxygen atoms in total. The Labute approximate surface area is 206 Å². The lowest BCUT2D eigenvalue weighted by molar-refractivity contribution is -0.151. The molecule has 3 fully saturated rings. The normalized spacial score (nSPS) is 45.9. The van der Waals surface area contributed by atoms with Crippen molar-refractivity contribution in [3.05, 3.63) is 23.3 Å². The summed E-state index contributed by atoms with van der Waals surface area (Å²) in [6.45, 7) is 15.7. The van der Waals surface area contributed by atoms with Crippen LogP contribution < -0.4 is 0 Å². The van der Waals surface area contributed by atoms with Gasteiger partial charge in [0.25, 0.3) is 0 Å². The third-order valence-corrected chi connectivity index (χ3v) is 11.7. The van der Waals surface area contributed by atoms with Gasteiger partial charge in [0, 0.05) is 5.92 Å². The van der Waals surface area contributed by atoms with E-state index in [0.29, 0.717) is 24.7 Å². The Morgan fingerprint density at radius 3 is 2.41 bits per heavy atom. The van der Waals surface area contributed by atoms with Crippen LogP contribution in [-0.4, -0.2) is 33.5 Å². The molecular formula is C30H48O4. The minimum atomic E-state index is -0.758. The predicted octanol–water partition coefficient (Wildman–Crippen LogP) is 6.37. The molecule has 0 saturated heterocycles. The number of hydrogen-bond acceptors (Lipinski definition) is 3. The van der Waals surface area contributed by atoms with Crippen molar-refractivity contribution in [2.45, 2.75) is 112 Å². The van der Waals surface area contributed by atoms with Crippen molar-refractivity contribution in [2.75, 3.05) is 0 Å². The number of carboxylic acid groups (broad SMARTS) is 1. The van der Waals surface area contributed by atoms with Gasteiger partial charge < -0.3 is 15.3 Å². The van der Waals surface area contributed by atoms with E-state index in [-0.39, 0.29) is 33.7 Å². The SMILES string of the molecule is CC(C)=CCCC(C(=O)O)[C@@H]1[C@@H](O)C[C@]2(C)C3=CC[C@H]4C(C)(C)[C@H](O)CC[C@]4(C)[C@H]3CC[C@@]12C. The molecule has 3 N–H and O–H groups in total. The summed E-state index contributed by atoms with van der Waals surface area (Å²) >= 11 is 0. The molecule has 0 heterocycles. The van der Waals surface area contributed by atoms with Crippen LogP contribution in [0, 0.1) is 45.3 Å². The first-order valence-corrected chi connectivity index (χ1v) is 13.6. The summed E-state index contributed by atoms with van der Waals surface area (Å²) in [6, 6.07) is 0. The topological polar surface area (TPSA) is 77.8 Å². The molecule has 34 heavy (non-hydrogen) atoms. The molecule has 3 saturated carbocycles. The third kappa shape index (κ3) is 3.57. The first-order valence-electron chi connectivity index (χ1n) is 13.6. The maximum Gasteiger partial charge on any atom is 0.306 e. The van der Waals surface area contributed by atoms with Gasteiger partial charge in [0.05, 0.1) is 18.1 Å². The van der Waals surface area contributed by atoms with Gasteiger partial charge in [-0.15, -0.1) is 0 Å². The number of hydrogen-bond donors (Lipinski definition) is 3. The van der Waals surface area contributed by atoms with Gasteiger partial charge >= 0.3 is 5.97 Å². The van der Waals surface area contributed by atoms with Gasteiger partial charge in [-0.05, 0) is 98.7 Å². The molecule has 0 bridgehead atoms. The summed E-state index contributed by atoms with van der Waals surface area (Å²) in [7, 11) is 0. The third-order valence-electron chi connectivity index (χ3n) is 11.7. The highest BCUT2D eigenvalue weighted by molar-refractivity contribution is 5.71. The van der Waals surface area contributed by atoms with E-state index in [1.807, 2.05) is 0 Å². The highest BCUT2D eigenvalue weighted by Gasteiger charge is 2.68. The molecular weight excluding hydrogens is 424 g/mol. The number of fused-ring (bicyclic) bond motifs is 5. The van der Waals surface area contributed by atoms with Gasteiger partial charge in [-0.3, -0.25) is 4.79 Å². The van der Waals surface area contributed by atoms with Crippen LogP contribution in [0.25, 0.3) is 0 Å². The van der Waals surface area contributed by atoms with Crippen LogP contribution in [0.2, 0.25) is 0 Å². The zero-order valence-electron chi connectivity index (χ0n) is 22.5. The Morgan fingerprint density at radius 2 is 1.79 bits per heavy atom. The second-order valence-corrected chi connectivity index (χ2v) is 13.8. The standard InChI is InChI=1S/C30H48O4/c1-18(2)9-8-10-19(26(33)34)25-22(31)17-30(7)21-11-12-23-27(3,4)24(32)14-15-28(23,5)20(21)13-16-29(25,30)6/h9,11,19-20,22-25,31-32H,8,10,12-17H2,1-7H3,(H,33,34)/t19?,20-,22-,23-,24+,25+,28+,29-,30+/m0/s1. The molecule has 4 heteroatoms. The number of carbonyl (C=O) groups is 1. The number of allylic oxidation sites excluding steroid dienone is 4. The summed E-state index contributed by atoms with van der Waals surface area (Å²) in [4.78, 5) is 12.5. The summed E-state index contributed by atoms with van der Waals surface area (Å²) < 4.78 is 0. The molecule has 0 aromatic carbocycles. The van der Waals surface area contributed by atoms with E-state index in [2.05, 4.69) is 60.6 Å². The van der Waals surface area contributed by atoms with E-state index in [0.717, 1.165) is 38.5 Å². The van der Waals surface area contributed by atoms with Gasteiger partial charge in [-0.2, -0.15) is 0 Å². The van der Waals surface area contributed by atoms with E-state index >= 15 is 0 Å². The summed E-state index contributed by atoms with van der Waals surface area (Å²) in [5.74, 6) is -0.603. The van der Waals surface area contributed by atoms with Crippen molar-refractivity contribution in [2.24, 2.45) is 45.3 Å². The van der Waals surface area contributed by atoms with E-state index in [9.17, 15) is 20.1 Å². The molecule has 0 spiro atoms. The maximum atomic E-state index is 12.5. The fourth-order valence-electron chi connectivity index (χ4n) is 9.53. The molecule has 0 radical (unpaired) electrons. The largest absolute Gasteiger partial charge is 0.481 e. The van der Waals surface area contributed by atoms with Crippen LogP contribution >= 0.6 is 0 Å². The Bertz CT molecular complexity index is 882. The number of carboxylic acids is 1. The number of aliphatic carboxylic acids is 1. The molecule has 4 aliphatic carbocycles. The van der Waals surface area contributed by atoms with Crippen LogP contribution in [0.4, 0.5) is 0 Å². The van der Waals surface area contributed by atoms with Gasteiger partial charge in [-0.1, -0.05) is 57.9 Å². The molecule has 0 amide bonds. The molecule has 9 atom stereocenters. The van der Waals surface area contributed by atoms with Gasteiger partial charge in [-0.25, -0.2) is 0 Å². The highest BCUT2D eigenvalue weighted by Crippen LogP contribution is 2.73.